The number of carbonyl (C=O) groups is 4. The molecule has 53 heavy (non-hydrogen) atoms. The van der Waals surface area contributed by atoms with Crippen LogP contribution < -0.4 is 24.6 Å². The van der Waals surface area contributed by atoms with Crippen molar-refractivity contribution in [2.75, 3.05) is 29.3 Å². The molecule has 4 aliphatic rings. The summed E-state index contributed by atoms with van der Waals surface area (Å²) in [5.74, 6) is -6.27. The van der Waals surface area contributed by atoms with E-state index in [-0.39, 0.29) is 52.6 Å². The smallest absolute Gasteiger partial charge is 0.241 e. The number of para-hydroxylation sites is 1. The summed E-state index contributed by atoms with van der Waals surface area (Å²) in [7, 11) is 2.78. The number of rotatable bonds is 7. The Labute approximate surface area is 309 Å². The zero-order chi connectivity index (χ0) is 37.3. The van der Waals surface area contributed by atoms with Gasteiger partial charge in [0.1, 0.15) is 5.82 Å². The molecule has 1 saturated carbocycles. The van der Waals surface area contributed by atoms with Crippen LogP contribution in [-0.4, -0.2) is 43.0 Å². The molecule has 10 nitrogen and oxygen atoms in total. The fraction of sp³-hybridized carbons (Fsp3) is 0.268. The van der Waals surface area contributed by atoms with Gasteiger partial charge in [-0.1, -0.05) is 41.4 Å². The Balaban J connectivity index is 1.21. The van der Waals surface area contributed by atoms with E-state index >= 15 is 0 Å². The van der Waals surface area contributed by atoms with Crippen LogP contribution in [0, 0.1) is 34.9 Å². The number of phenolic OH excluding ortho intramolecular Hbond substituents is 1. The number of aromatic hydroxyl groups is 1. The largest absolute Gasteiger partial charge is 0.502 e. The van der Waals surface area contributed by atoms with E-state index in [0.29, 0.717) is 11.3 Å². The van der Waals surface area contributed by atoms with Gasteiger partial charge in [0.2, 0.25) is 29.4 Å². The zero-order valence-electron chi connectivity index (χ0n) is 29.0. The van der Waals surface area contributed by atoms with Crippen LogP contribution in [0.3, 0.4) is 0 Å². The second-order valence-corrected chi connectivity index (χ2v) is 14.5. The summed E-state index contributed by atoms with van der Waals surface area (Å²) >= 11 is 6.12. The van der Waals surface area contributed by atoms with Crippen molar-refractivity contribution in [3.63, 3.8) is 0 Å². The molecule has 4 amide bonds. The van der Waals surface area contributed by atoms with Gasteiger partial charge in [-0.15, -0.1) is 0 Å². The molecule has 3 fully saturated rings. The molecular weight excluding hydrogens is 701 g/mol. The fourth-order valence-corrected chi connectivity index (χ4v) is 9.16. The number of nitrogens with one attached hydrogen (secondary N) is 1. The van der Waals surface area contributed by atoms with Crippen LogP contribution in [0.4, 0.5) is 27.1 Å². The van der Waals surface area contributed by atoms with Crippen LogP contribution in [-0.2, 0) is 19.2 Å². The van der Waals surface area contributed by atoms with Crippen molar-refractivity contribution >= 4 is 58.0 Å². The van der Waals surface area contributed by atoms with Crippen molar-refractivity contribution in [2.45, 2.75) is 25.7 Å². The molecule has 0 unspecified atom stereocenters. The summed E-state index contributed by atoms with van der Waals surface area (Å²) < 4.78 is 25.2. The van der Waals surface area contributed by atoms with Gasteiger partial charge in [0.05, 0.1) is 53.8 Å². The van der Waals surface area contributed by atoms with Gasteiger partial charge in [0.25, 0.3) is 0 Å². The maximum Gasteiger partial charge on any atom is 0.241 e. The number of carbonyl (C=O) groups excluding carboxylic acids is 4. The highest BCUT2D eigenvalue weighted by Gasteiger charge is 2.67. The first-order valence-corrected chi connectivity index (χ1v) is 17.6. The van der Waals surface area contributed by atoms with E-state index in [1.807, 2.05) is 36.4 Å². The molecule has 0 radical (unpaired) electrons. The number of halogens is 2. The number of allylic oxidation sites excluding steroid dienone is 2. The molecule has 4 aromatic rings. The van der Waals surface area contributed by atoms with E-state index in [4.69, 9.17) is 21.1 Å². The third kappa shape index (κ3) is 5.20. The molecule has 8 rings (SSSR count). The number of nitrogens with zero attached hydrogens (tertiary/aromatic N) is 2. The van der Waals surface area contributed by atoms with Gasteiger partial charge in [-0.2, -0.15) is 0 Å². The van der Waals surface area contributed by atoms with E-state index < -0.39 is 52.6 Å². The molecule has 270 valence electrons. The normalized spacial score (nSPS) is 26.2. The minimum atomic E-state index is -1.40. The van der Waals surface area contributed by atoms with Gasteiger partial charge in [0.15, 0.2) is 11.5 Å². The number of hydrogen-bond donors (Lipinski definition) is 2. The Hall–Kier alpha value is -5.68. The van der Waals surface area contributed by atoms with Crippen molar-refractivity contribution in [1.82, 2.24) is 0 Å². The Bertz CT molecular complexity index is 2200. The monoisotopic (exact) mass is 735 g/mol. The lowest BCUT2D eigenvalue weighted by Crippen LogP contribution is -2.48. The molecule has 0 spiro atoms. The maximum absolute atomic E-state index is 14.7. The van der Waals surface area contributed by atoms with Crippen LogP contribution in [0.25, 0.3) is 0 Å². The third-order valence-electron chi connectivity index (χ3n) is 11.5. The molecule has 0 bridgehead atoms. The predicted octanol–water partition coefficient (Wildman–Crippen LogP) is 7.38. The quantitative estimate of drug-likeness (QED) is 0.149. The molecule has 2 saturated heterocycles. The second-order valence-electron chi connectivity index (χ2n) is 14.1. The number of phenols is 1. The van der Waals surface area contributed by atoms with Gasteiger partial charge in [-0.3, -0.25) is 24.1 Å². The third-order valence-corrected chi connectivity index (χ3v) is 11.7. The van der Waals surface area contributed by atoms with Crippen LogP contribution in [0.15, 0.2) is 96.6 Å². The van der Waals surface area contributed by atoms with Gasteiger partial charge in [-0.25, -0.2) is 9.29 Å². The van der Waals surface area contributed by atoms with Crippen molar-refractivity contribution < 1.29 is 38.1 Å². The summed E-state index contributed by atoms with van der Waals surface area (Å²) in [6.07, 6.45) is 2.30. The molecule has 12 heteroatoms. The Morgan fingerprint density at radius 3 is 2.09 bits per heavy atom. The predicted molar refractivity (Wildman–Crippen MR) is 196 cm³/mol. The zero-order valence-corrected chi connectivity index (χ0v) is 29.8. The molecule has 0 aromatic heterocycles. The number of methoxy groups -OCH3 is 2. The number of ether oxygens (including phenoxy) is 2. The van der Waals surface area contributed by atoms with Gasteiger partial charge in [0, 0.05) is 17.3 Å². The maximum atomic E-state index is 14.7. The minimum Gasteiger partial charge on any atom is -0.502 e. The van der Waals surface area contributed by atoms with Crippen LogP contribution in [0.1, 0.15) is 31.2 Å². The highest BCUT2D eigenvalue weighted by molar-refractivity contribution is 6.32. The molecule has 2 aliphatic carbocycles. The van der Waals surface area contributed by atoms with Crippen molar-refractivity contribution in [2.24, 2.45) is 29.1 Å². The Morgan fingerprint density at radius 1 is 0.811 bits per heavy atom. The van der Waals surface area contributed by atoms with Gasteiger partial charge in [-0.05, 0) is 98.0 Å². The molecule has 2 N–H and O–H groups in total. The van der Waals surface area contributed by atoms with E-state index in [2.05, 4.69) is 5.32 Å². The lowest BCUT2D eigenvalue weighted by Gasteiger charge is -2.49. The highest BCUT2D eigenvalue weighted by Crippen LogP contribution is 2.64. The molecule has 2 aliphatic heterocycles. The van der Waals surface area contributed by atoms with E-state index in [0.717, 1.165) is 27.9 Å². The molecule has 2 heterocycles. The highest BCUT2D eigenvalue weighted by atomic mass is 35.5. The number of anilines is 4. The topological polar surface area (TPSA) is 125 Å². The number of benzene rings is 4. The summed E-state index contributed by atoms with van der Waals surface area (Å²) in [5.41, 5.74) is 2.10. The number of hydrogen-bond acceptors (Lipinski definition) is 8. The Kier molecular flexibility index (Phi) is 8.29. The first kappa shape index (κ1) is 34.4. The number of amides is 4. The summed E-state index contributed by atoms with van der Waals surface area (Å²) in [4.78, 5) is 60.1. The number of fused-ring (bicyclic) bond motifs is 4. The molecule has 4 aromatic carbocycles. The van der Waals surface area contributed by atoms with E-state index in [9.17, 15) is 28.7 Å². The van der Waals surface area contributed by atoms with Crippen LogP contribution in [0.5, 0.6) is 17.2 Å². The fourth-order valence-electron chi connectivity index (χ4n) is 8.98. The van der Waals surface area contributed by atoms with Crippen LogP contribution in [0.2, 0.25) is 5.02 Å². The van der Waals surface area contributed by atoms with E-state index in [1.165, 1.54) is 31.3 Å². The van der Waals surface area contributed by atoms with Crippen molar-refractivity contribution in [1.29, 1.82) is 0 Å². The van der Waals surface area contributed by atoms with Gasteiger partial charge < -0.3 is 19.9 Å². The second kappa shape index (κ2) is 12.8. The summed E-state index contributed by atoms with van der Waals surface area (Å²) in [6.45, 7) is 1.72. The van der Waals surface area contributed by atoms with E-state index in [1.54, 1.807) is 43.3 Å². The average molecular weight is 736 g/mol. The first-order valence-electron chi connectivity index (χ1n) is 17.3. The summed E-state index contributed by atoms with van der Waals surface area (Å²) in [5, 5.41) is 13.9. The standard InChI is InChI=1S/C41H35ClFN3O7/c1-41-29(38(49)46(40(41)51)25-13-16-31(43)30(42)19-25)20-28-26(35(41)21-17-32(52-2)36(47)33(18-21)53-3)14-15-27-34(28)39(50)45(37(27)48)24-11-9-23(10-12-24)44-22-7-5-4-6-8-22/h4-14,16-19,27-29,34-35,44,47H,15,20H2,1-3H3/t27-,28+,29-,34-,35-,41+/m0/s1. The SMILES string of the molecule is COc1cc([C@H]2C3=CC[C@@H]4C(=O)N(c5ccc(Nc6ccccc6)cc5)C(=O)[C@@H]4[C@@H]3C[C@H]3C(=O)N(c4ccc(F)c(Cl)c4)C(=O)[C@@]23C)cc(OC)c1O. The number of imide groups is 2. The van der Waals surface area contributed by atoms with Crippen molar-refractivity contribution in [3.8, 4) is 17.2 Å². The Morgan fingerprint density at radius 2 is 1.45 bits per heavy atom. The molecular formula is C41H35ClFN3O7. The minimum absolute atomic E-state index is 0.0957. The van der Waals surface area contributed by atoms with Crippen LogP contribution >= 0.6 is 11.6 Å². The van der Waals surface area contributed by atoms with Crippen molar-refractivity contribution in [3.05, 3.63) is 113 Å². The average Bonchev–Trinajstić information content (AvgIpc) is 3.53. The lowest BCUT2D eigenvalue weighted by molar-refractivity contribution is -0.131. The lowest BCUT2D eigenvalue weighted by atomic mass is 9.51. The molecule has 6 atom stereocenters. The first-order chi connectivity index (χ1) is 25.5. The van der Waals surface area contributed by atoms with Gasteiger partial charge >= 0.3 is 0 Å². The summed E-state index contributed by atoms with van der Waals surface area (Å²) in [6, 6.07) is 23.6.